The molecule has 170 valence electrons. The van der Waals surface area contributed by atoms with Gasteiger partial charge in [-0.2, -0.15) is 0 Å². The molecule has 6 nitrogen and oxygen atoms in total. The number of halogens is 1. The summed E-state index contributed by atoms with van der Waals surface area (Å²) in [7, 11) is 1.68. The highest BCUT2D eigenvalue weighted by Crippen LogP contribution is 2.11. The summed E-state index contributed by atoms with van der Waals surface area (Å²) < 4.78 is 5.18. The van der Waals surface area contributed by atoms with Gasteiger partial charge in [-0.3, -0.25) is 9.89 Å². The normalized spacial score (nSPS) is 15.3. The molecule has 0 aliphatic carbocycles. The van der Waals surface area contributed by atoms with E-state index in [-0.39, 0.29) is 24.0 Å². The number of nitrogens with two attached hydrogens (primary N) is 1. The van der Waals surface area contributed by atoms with Crippen LogP contribution in [0.5, 0.6) is 5.75 Å². The van der Waals surface area contributed by atoms with E-state index >= 15 is 0 Å². The third kappa shape index (κ3) is 9.45. The first-order chi connectivity index (χ1) is 14.7. The predicted molar refractivity (Wildman–Crippen MR) is 139 cm³/mol. The number of piperazine rings is 1. The zero-order chi connectivity index (χ0) is 21.0. The summed E-state index contributed by atoms with van der Waals surface area (Å²) in [5, 5.41) is 3.20. The maximum Gasteiger partial charge on any atom is 0.188 e. The van der Waals surface area contributed by atoms with Crippen molar-refractivity contribution >= 4 is 29.9 Å². The Bertz CT molecular complexity index is 761. The molecule has 2 aromatic carbocycles. The van der Waals surface area contributed by atoms with Crippen molar-refractivity contribution < 1.29 is 4.74 Å². The summed E-state index contributed by atoms with van der Waals surface area (Å²) in [6.45, 7) is 8.22. The minimum atomic E-state index is 0. The van der Waals surface area contributed by atoms with Gasteiger partial charge in [0, 0.05) is 52.4 Å². The van der Waals surface area contributed by atoms with Gasteiger partial charge in [0.2, 0.25) is 0 Å². The molecule has 0 saturated carbocycles. The summed E-state index contributed by atoms with van der Waals surface area (Å²) in [6, 6.07) is 18.8. The van der Waals surface area contributed by atoms with Crippen molar-refractivity contribution in [1.82, 2.24) is 15.1 Å². The fourth-order valence-electron chi connectivity index (χ4n) is 3.69. The lowest BCUT2D eigenvalue weighted by Gasteiger charge is -2.34. The van der Waals surface area contributed by atoms with E-state index in [2.05, 4.69) is 62.6 Å². The number of nitrogens with one attached hydrogen (secondary N) is 1. The van der Waals surface area contributed by atoms with Gasteiger partial charge in [-0.05, 0) is 36.1 Å². The van der Waals surface area contributed by atoms with Crippen molar-refractivity contribution in [2.45, 2.75) is 19.4 Å². The van der Waals surface area contributed by atoms with Crippen LogP contribution in [0.3, 0.4) is 0 Å². The predicted octanol–water partition coefficient (Wildman–Crippen LogP) is 2.97. The Morgan fingerprint density at radius 3 is 2.32 bits per heavy atom. The molecule has 3 N–H and O–H groups in total. The van der Waals surface area contributed by atoms with Crippen molar-refractivity contribution in [3.8, 4) is 5.75 Å². The van der Waals surface area contributed by atoms with Crippen LogP contribution in [0.4, 0.5) is 0 Å². The smallest absolute Gasteiger partial charge is 0.188 e. The molecule has 31 heavy (non-hydrogen) atoms. The molecular weight excluding hydrogens is 501 g/mol. The second kappa shape index (κ2) is 14.3. The minimum Gasteiger partial charge on any atom is -0.497 e. The second-order valence-corrected chi connectivity index (χ2v) is 7.75. The van der Waals surface area contributed by atoms with E-state index in [0.29, 0.717) is 5.96 Å². The highest BCUT2D eigenvalue weighted by Gasteiger charge is 2.16. The fourth-order valence-corrected chi connectivity index (χ4v) is 3.69. The molecule has 0 radical (unpaired) electrons. The Kier molecular flexibility index (Phi) is 11.7. The Hall–Kier alpha value is -1.84. The van der Waals surface area contributed by atoms with E-state index in [1.165, 1.54) is 11.1 Å². The summed E-state index contributed by atoms with van der Waals surface area (Å²) in [4.78, 5) is 9.53. The van der Waals surface area contributed by atoms with Gasteiger partial charge in [0.05, 0.1) is 7.11 Å². The first-order valence-corrected chi connectivity index (χ1v) is 10.9. The first-order valence-electron chi connectivity index (χ1n) is 10.9. The number of aliphatic imine (C=N–C) groups is 1. The lowest BCUT2D eigenvalue weighted by Crippen LogP contribution is -2.46. The summed E-state index contributed by atoms with van der Waals surface area (Å²) in [6.07, 6.45) is 1.95. The lowest BCUT2D eigenvalue weighted by molar-refractivity contribution is 0.127. The Labute approximate surface area is 203 Å². The number of hydrogen-bond acceptors (Lipinski definition) is 4. The number of rotatable bonds is 10. The molecule has 2 aromatic rings. The molecule has 0 atom stereocenters. The molecule has 0 bridgehead atoms. The van der Waals surface area contributed by atoms with Crippen LogP contribution in [0.1, 0.15) is 17.5 Å². The van der Waals surface area contributed by atoms with Crippen LogP contribution in [0.25, 0.3) is 0 Å². The van der Waals surface area contributed by atoms with E-state index in [4.69, 9.17) is 10.5 Å². The highest BCUT2D eigenvalue weighted by molar-refractivity contribution is 14.0. The average molecular weight is 537 g/mol. The highest BCUT2D eigenvalue weighted by atomic mass is 127. The zero-order valence-electron chi connectivity index (χ0n) is 18.5. The molecule has 1 aliphatic rings. The van der Waals surface area contributed by atoms with Gasteiger partial charge in [0.15, 0.2) is 5.96 Å². The molecular formula is C24H36IN5O. The maximum atomic E-state index is 5.99. The molecule has 0 amide bonds. The summed E-state index contributed by atoms with van der Waals surface area (Å²) >= 11 is 0. The second-order valence-electron chi connectivity index (χ2n) is 7.75. The molecule has 0 aromatic heterocycles. The average Bonchev–Trinajstić information content (AvgIpc) is 2.79. The van der Waals surface area contributed by atoms with Crippen molar-refractivity contribution in [2.24, 2.45) is 10.7 Å². The first kappa shape index (κ1) is 25.4. The Balaban J connectivity index is 0.00000341. The van der Waals surface area contributed by atoms with E-state index in [1.54, 1.807) is 7.11 Å². The topological polar surface area (TPSA) is 66.1 Å². The van der Waals surface area contributed by atoms with E-state index in [9.17, 15) is 0 Å². The number of benzene rings is 2. The number of methoxy groups -OCH3 is 1. The van der Waals surface area contributed by atoms with Crippen LogP contribution in [-0.4, -0.2) is 68.7 Å². The molecule has 1 fully saturated rings. The van der Waals surface area contributed by atoms with Gasteiger partial charge in [0.1, 0.15) is 5.75 Å². The van der Waals surface area contributed by atoms with Gasteiger partial charge < -0.3 is 20.7 Å². The quantitative estimate of drug-likeness (QED) is 0.211. The van der Waals surface area contributed by atoms with E-state index in [1.807, 2.05) is 12.1 Å². The Morgan fingerprint density at radius 1 is 0.968 bits per heavy atom. The summed E-state index contributed by atoms with van der Waals surface area (Å²) in [5.74, 6) is 1.42. The van der Waals surface area contributed by atoms with Crippen LogP contribution in [0, 0.1) is 0 Å². The number of ether oxygens (including phenoxy) is 1. The number of guanidine groups is 1. The molecule has 0 spiro atoms. The minimum absolute atomic E-state index is 0. The number of nitrogens with zero attached hydrogens (tertiary/aromatic N) is 3. The largest absolute Gasteiger partial charge is 0.497 e. The molecule has 3 rings (SSSR count). The van der Waals surface area contributed by atoms with Crippen molar-refractivity contribution in [1.29, 1.82) is 0 Å². The van der Waals surface area contributed by atoms with Gasteiger partial charge in [-0.1, -0.05) is 42.5 Å². The monoisotopic (exact) mass is 537 g/mol. The van der Waals surface area contributed by atoms with Crippen LogP contribution in [0.2, 0.25) is 0 Å². The van der Waals surface area contributed by atoms with Crippen molar-refractivity contribution in [3.05, 3.63) is 65.7 Å². The van der Waals surface area contributed by atoms with Crippen LogP contribution < -0.4 is 15.8 Å². The maximum absolute atomic E-state index is 5.99. The number of hydrogen-bond donors (Lipinski definition) is 2. The standard InChI is InChI=1S/C24H35N5O.HI/c1-30-23-10-8-21(9-11-23)12-14-27-24(25)26-13-5-15-28-16-18-29(19-17-28)20-22-6-3-2-4-7-22;/h2-4,6-11H,5,12-20H2,1H3,(H3,25,26,27);1H. The van der Waals surface area contributed by atoms with Gasteiger partial charge in [0.25, 0.3) is 0 Å². The van der Waals surface area contributed by atoms with Crippen LogP contribution in [-0.2, 0) is 13.0 Å². The van der Waals surface area contributed by atoms with Crippen LogP contribution in [0.15, 0.2) is 59.6 Å². The Morgan fingerprint density at radius 2 is 1.65 bits per heavy atom. The van der Waals surface area contributed by atoms with Crippen molar-refractivity contribution in [3.63, 3.8) is 0 Å². The van der Waals surface area contributed by atoms with Gasteiger partial charge in [-0.15, -0.1) is 24.0 Å². The third-order valence-electron chi connectivity index (χ3n) is 5.51. The molecule has 1 heterocycles. The summed E-state index contributed by atoms with van der Waals surface area (Å²) in [5.41, 5.74) is 8.64. The zero-order valence-corrected chi connectivity index (χ0v) is 20.8. The van der Waals surface area contributed by atoms with E-state index < -0.39 is 0 Å². The molecule has 7 heteroatoms. The lowest BCUT2D eigenvalue weighted by atomic mass is 10.1. The van der Waals surface area contributed by atoms with Crippen LogP contribution >= 0.6 is 24.0 Å². The SMILES string of the molecule is COc1ccc(CCNC(N)=NCCCN2CCN(Cc3ccccc3)CC2)cc1.I. The van der Waals surface area contributed by atoms with Gasteiger partial charge in [-0.25, -0.2) is 0 Å². The van der Waals surface area contributed by atoms with Gasteiger partial charge >= 0.3 is 0 Å². The van der Waals surface area contributed by atoms with Crippen molar-refractivity contribution in [2.75, 3.05) is 52.9 Å². The fraction of sp³-hybridized carbons (Fsp3) is 0.458. The molecule has 0 unspecified atom stereocenters. The molecule has 1 saturated heterocycles. The third-order valence-corrected chi connectivity index (χ3v) is 5.51. The van der Waals surface area contributed by atoms with E-state index in [0.717, 1.165) is 70.9 Å². The molecule has 1 aliphatic heterocycles.